The molecule has 2 aromatic carbocycles. The number of ether oxygens (including phenoxy) is 2. The van der Waals surface area contributed by atoms with Gasteiger partial charge in [0.2, 0.25) is 11.8 Å². The van der Waals surface area contributed by atoms with E-state index in [-0.39, 0.29) is 24.7 Å². The second kappa shape index (κ2) is 16.0. The summed E-state index contributed by atoms with van der Waals surface area (Å²) in [6.45, 7) is 0.516. The highest BCUT2D eigenvalue weighted by molar-refractivity contribution is 5.91. The quantitative estimate of drug-likeness (QED) is 0.302. The van der Waals surface area contributed by atoms with E-state index in [4.69, 9.17) is 14.6 Å². The Labute approximate surface area is 219 Å². The molecule has 2 rings (SSSR count). The minimum absolute atomic E-state index is 0.0153. The van der Waals surface area contributed by atoms with Crippen molar-refractivity contribution in [2.75, 3.05) is 33.1 Å². The van der Waals surface area contributed by atoms with E-state index in [1.165, 1.54) is 4.90 Å². The number of amides is 2. The highest BCUT2D eigenvalue weighted by atomic mass is 16.5. The summed E-state index contributed by atoms with van der Waals surface area (Å²) in [7, 11) is 5.02. The molecular weight excluding hydrogens is 472 g/mol. The van der Waals surface area contributed by atoms with Crippen molar-refractivity contribution >= 4 is 29.5 Å². The van der Waals surface area contributed by atoms with Crippen LogP contribution in [0.1, 0.15) is 56.1 Å². The highest BCUT2D eigenvalue weighted by Gasteiger charge is 2.11. The maximum atomic E-state index is 12.3. The lowest BCUT2D eigenvalue weighted by Gasteiger charge is -2.14. The lowest BCUT2D eigenvalue weighted by molar-refractivity contribution is -0.137. The number of hydrogen-bond acceptors (Lipinski definition) is 5. The van der Waals surface area contributed by atoms with Crippen molar-refractivity contribution in [2.24, 2.45) is 0 Å². The van der Waals surface area contributed by atoms with Crippen molar-refractivity contribution in [2.45, 2.75) is 51.4 Å². The molecule has 0 fully saturated rings. The Bertz CT molecular complexity index is 1050. The first-order valence-corrected chi connectivity index (χ1v) is 12.6. The van der Waals surface area contributed by atoms with Crippen LogP contribution in [0, 0.1) is 0 Å². The SMILES string of the molecule is COc1ccc(C=CCCCCOc2ccc(NC(=O)CCCC(=O)N(C)C)cc2CCC(=O)O)cc1. The largest absolute Gasteiger partial charge is 0.497 e. The van der Waals surface area contributed by atoms with E-state index >= 15 is 0 Å². The molecule has 0 aliphatic carbocycles. The molecule has 0 heterocycles. The maximum absolute atomic E-state index is 12.3. The number of rotatable bonds is 16. The summed E-state index contributed by atoms with van der Waals surface area (Å²) in [5.41, 5.74) is 2.44. The number of nitrogens with one attached hydrogen (secondary N) is 1. The van der Waals surface area contributed by atoms with Crippen molar-refractivity contribution in [3.8, 4) is 11.5 Å². The van der Waals surface area contributed by atoms with Crippen LogP contribution in [0.3, 0.4) is 0 Å². The van der Waals surface area contributed by atoms with Crippen LogP contribution in [-0.4, -0.2) is 55.6 Å². The summed E-state index contributed by atoms with van der Waals surface area (Å²) in [6.07, 6.45) is 8.23. The number of carbonyl (C=O) groups excluding carboxylic acids is 2. The summed E-state index contributed by atoms with van der Waals surface area (Å²) in [6, 6.07) is 13.2. The topological polar surface area (TPSA) is 105 Å². The number of nitrogens with zero attached hydrogens (tertiary/aromatic N) is 1. The van der Waals surface area contributed by atoms with Gasteiger partial charge in [0, 0.05) is 39.0 Å². The second-order valence-corrected chi connectivity index (χ2v) is 8.93. The van der Waals surface area contributed by atoms with Gasteiger partial charge in [0.05, 0.1) is 13.7 Å². The Morgan fingerprint density at radius 2 is 1.73 bits per heavy atom. The Morgan fingerprint density at radius 3 is 2.41 bits per heavy atom. The molecule has 0 atom stereocenters. The van der Waals surface area contributed by atoms with Gasteiger partial charge in [0.1, 0.15) is 11.5 Å². The first-order chi connectivity index (χ1) is 17.8. The Balaban J connectivity index is 1.82. The summed E-state index contributed by atoms with van der Waals surface area (Å²) < 4.78 is 11.1. The monoisotopic (exact) mass is 510 g/mol. The molecule has 2 aromatic rings. The number of methoxy groups -OCH3 is 1. The number of carbonyl (C=O) groups is 3. The first-order valence-electron chi connectivity index (χ1n) is 12.6. The highest BCUT2D eigenvalue weighted by Crippen LogP contribution is 2.25. The lowest BCUT2D eigenvalue weighted by atomic mass is 10.1. The zero-order valence-corrected chi connectivity index (χ0v) is 22.0. The van der Waals surface area contributed by atoms with Gasteiger partial charge < -0.3 is 24.8 Å². The normalized spacial score (nSPS) is 10.8. The third-order valence-electron chi connectivity index (χ3n) is 5.69. The fourth-order valence-electron chi connectivity index (χ4n) is 3.56. The van der Waals surface area contributed by atoms with Crippen LogP contribution in [0.5, 0.6) is 11.5 Å². The van der Waals surface area contributed by atoms with Gasteiger partial charge in [-0.1, -0.05) is 24.3 Å². The predicted octanol–water partition coefficient (Wildman–Crippen LogP) is 5.17. The van der Waals surface area contributed by atoms with Crippen molar-refractivity contribution in [3.05, 3.63) is 59.7 Å². The summed E-state index contributed by atoms with van der Waals surface area (Å²) >= 11 is 0. The number of hydrogen-bond donors (Lipinski definition) is 2. The predicted molar refractivity (Wildman–Crippen MR) is 145 cm³/mol. The van der Waals surface area contributed by atoms with E-state index < -0.39 is 5.97 Å². The number of unbranched alkanes of at least 4 members (excludes halogenated alkanes) is 2. The van der Waals surface area contributed by atoms with Gasteiger partial charge in [0.25, 0.3) is 0 Å². The van der Waals surface area contributed by atoms with Gasteiger partial charge in [-0.25, -0.2) is 0 Å². The number of carboxylic acids is 1. The van der Waals surface area contributed by atoms with E-state index in [1.807, 2.05) is 24.3 Å². The standard InChI is InChI=1S/C29H38N2O6/c1-31(2)28(33)11-8-10-27(32)30-24-15-18-26(23(21-24)14-19-29(34)35)37-20-7-5-4-6-9-22-12-16-25(36-3)17-13-22/h6,9,12-13,15-18,21H,4-5,7-8,10-11,14,19-20H2,1-3H3,(H,30,32)(H,34,35). The van der Waals surface area contributed by atoms with Crippen LogP contribution < -0.4 is 14.8 Å². The minimum Gasteiger partial charge on any atom is -0.497 e. The zero-order valence-electron chi connectivity index (χ0n) is 22.0. The van der Waals surface area contributed by atoms with E-state index in [0.29, 0.717) is 37.3 Å². The van der Waals surface area contributed by atoms with Crippen LogP contribution in [0.4, 0.5) is 5.69 Å². The number of anilines is 1. The number of allylic oxidation sites excluding steroid dienone is 1. The molecule has 37 heavy (non-hydrogen) atoms. The van der Waals surface area contributed by atoms with Crippen molar-refractivity contribution in [1.82, 2.24) is 4.90 Å². The van der Waals surface area contributed by atoms with Crippen molar-refractivity contribution < 1.29 is 29.0 Å². The van der Waals surface area contributed by atoms with Crippen LogP contribution in [0.2, 0.25) is 0 Å². The first kappa shape index (κ1) is 29.4. The number of aliphatic carboxylic acids is 1. The molecule has 200 valence electrons. The molecule has 0 bridgehead atoms. The van der Waals surface area contributed by atoms with Gasteiger partial charge >= 0.3 is 5.97 Å². The summed E-state index contributed by atoms with van der Waals surface area (Å²) in [5.74, 6) is 0.366. The van der Waals surface area contributed by atoms with Gasteiger partial charge in [-0.05, 0) is 73.6 Å². The summed E-state index contributed by atoms with van der Waals surface area (Å²) in [5, 5.41) is 11.9. The second-order valence-electron chi connectivity index (χ2n) is 8.93. The average Bonchev–Trinajstić information content (AvgIpc) is 2.87. The van der Waals surface area contributed by atoms with Crippen LogP contribution in [0.25, 0.3) is 6.08 Å². The van der Waals surface area contributed by atoms with Crippen molar-refractivity contribution in [3.63, 3.8) is 0 Å². The number of aryl methyl sites for hydroxylation is 1. The minimum atomic E-state index is -0.894. The lowest BCUT2D eigenvalue weighted by Crippen LogP contribution is -2.21. The molecule has 0 aromatic heterocycles. The fourth-order valence-corrected chi connectivity index (χ4v) is 3.56. The average molecular weight is 511 g/mol. The number of carboxylic acid groups (broad SMARTS) is 1. The molecule has 8 nitrogen and oxygen atoms in total. The van der Waals surface area contributed by atoms with E-state index in [9.17, 15) is 14.4 Å². The summed E-state index contributed by atoms with van der Waals surface area (Å²) in [4.78, 5) is 36.5. The molecular formula is C29H38N2O6. The van der Waals surface area contributed by atoms with Gasteiger partial charge in [-0.15, -0.1) is 0 Å². The smallest absolute Gasteiger partial charge is 0.303 e. The molecule has 0 radical (unpaired) electrons. The van der Waals surface area contributed by atoms with E-state index in [1.54, 1.807) is 39.4 Å². The molecule has 0 saturated heterocycles. The molecule has 2 N–H and O–H groups in total. The Morgan fingerprint density at radius 1 is 0.973 bits per heavy atom. The van der Waals surface area contributed by atoms with Crippen molar-refractivity contribution in [1.29, 1.82) is 0 Å². The van der Waals surface area contributed by atoms with E-state index in [0.717, 1.165) is 36.1 Å². The molecule has 0 aliphatic heterocycles. The molecule has 0 aliphatic rings. The van der Waals surface area contributed by atoms with Gasteiger partial charge in [-0.3, -0.25) is 14.4 Å². The van der Waals surface area contributed by atoms with Crippen LogP contribution in [-0.2, 0) is 20.8 Å². The van der Waals surface area contributed by atoms with Gasteiger partial charge in [-0.2, -0.15) is 0 Å². The third kappa shape index (κ3) is 11.6. The zero-order chi connectivity index (χ0) is 27.0. The van der Waals surface area contributed by atoms with Crippen LogP contribution >= 0.6 is 0 Å². The Hall–Kier alpha value is -3.81. The molecule has 0 saturated carbocycles. The van der Waals surface area contributed by atoms with Crippen LogP contribution in [0.15, 0.2) is 48.5 Å². The van der Waals surface area contributed by atoms with Gasteiger partial charge in [0.15, 0.2) is 0 Å². The third-order valence-corrected chi connectivity index (χ3v) is 5.69. The molecule has 2 amide bonds. The van der Waals surface area contributed by atoms with E-state index in [2.05, 4.69) is 17.5 Å². The molecule has 0 spiro atoms. The Kier molecular flexibility index (Phi) is 12.8. The fraction of sp³-hybridized carbons (Fsp3) is 0.414. The maximum Gasteiger partial charge on any atom is 0.303 e. The molecule has 8 heteroatoms. The molecule has 0 unspecified atom stereocenters. The number of benzene rings is 2.